The minimum absolute atomic E-state index is 0.181. The molecule has 20 heavy (non-hydrogen) atoms. The number of benzene rings is 1. The summed E-state index contributed by atoms with van der Waals surface area (Å²) in [6.07, 6.45) is 5.65. The highest BCUT2D eigenvalue weighted by molar-refractivity contribution is 6.32. The van der Waals surface area contributed by atoms with Crippen molar-refractivity contribution in [2.24, 2.45) is 10.4 Å². The summed E-state index contributed by atoms with van der Waals surface area (Å²) in [5, 5.41) is 0.530. The van der Waals surface area contributed by atoms with E-state index in [-0.39, 0.29) is 5.41 Å². The lowest BCUT2D eigenvalue weighted by Gasteiger charge is -2.14. The van der Waals surface area contributed by atoms with Crippen molar-refractivity contribution in [1.29, 1.82) is 0 Å². The van der Waals surface area contributed by atoms with Gasteiger partial charge in [0.1, 0.15) is 0 Å². The quantitative estimate of drug-likeness (QED) is 0.621. The Hall–Kier alpha value is -1.51. The molecule has 3 aliphatic rings. The van der Waals surface area contributed by atoms with Crippen LogP contribution in [0.25, 0.3) is 0 Å². The number of ether oxygens (including phenoxy) is 2. The molecule has 2 fully saturated rings. The molecule has 4 nitrogen and oxygen atoms in total. The van der Waals surface area contributed by atoms with Crippen LogP contribution in [0.4, 0.5) is 0 Å². The van der Waals surface area contributed by atoms with Crippen LogP contribution in [0.3, 0.4) is 0 Å². The van der Waals surface area contributed by atoms with Crippen LogP contribution in [0.2, 0.25) is 5.02 Å². The smallest absolute Gasteiger partial charge is 0.235 e. The molecule has 0 bridgehead atoms. The summed E-state index contributed by atoms with van der Waals surface area (Å²) in [7, 11) is 0. The molecule has 1 aromatic rings. The third-order valence-corrected chi connectivity index (χ3v) is 4.82. The lowest BCUT2D eigenvalue weighted by atomic mass is 10.0. The van der Waals surface area contributed by atoms with Gasteiger partial charge in [0.2, 0.25) is 6.08 Å². The molecule has 104 valence electrons. The van der Waals surface area contributed by atoms with Crippen molar-refractivity contribution in [3.8, 4) is 11.5 Å². The van der Waals surface area contributed by atoms with Crippen LogP contribution in [-0.4, -0.2) is 19.3 Å². The molecule has 4 rings (SSSR count). The molecule has 0 aromatic heterocycles. The van der Waals surface area contributed by atoms with E-state index in [1.165, 1.54) is 0 Å². The highest BCUT2D eigenvalue weighted by Crippen LogP contribution is 2.54. The standard InChI is InChI=1S/C15H14ClNO3/c16-11-5-10(15(3-4-15)17-9-18)6-12-13(11)20-8-14(1-2-14)7-19-12/h5-6H,1-4,7-8H2. The summed E-state index contributed by atoms with van der Waals surface area (Å²) in [6.45, 7) is 1.33. The average Bonchev–Trinajstić information content (AvgIpc) is 3.32. The molecule has 0 unspecified atom stereocenters. The number of hydrogen-bond donors (Lipinski definition) is 0. The second kappa shape index (κ2) is 4.00. The molecule has 0 atom stereocenters. The molecule has 0 radical (unpaired) electrons. The second-order valence-corrected chi connectivity index (χ2v) is 6.50. The monoisotopic (exact) mass is 291 g/mol. The lowest BCUT2D eigenvalue weighted by Crippen LogP contribution is -2.17. The third-order valence-electron chi connectivity index (χ3n) is 4.54. The van der Waals surface area contributed by atoms with Gasteiger partial charge >= 0.3 is 0 Å². The molecular weight excluding hydrogens is 278 g/mol. The van der Waals surface area contributed by atoms with Gasteiger partial charge in [-0.15, -0.1) is 0 Å². The zero-order valence-corrected chi connectivity index (χ0v) is 11.7. The van der Waals surface area contributed by atoms with E-state index in [9.17, 15) is 4.79 Å². The van der Waals surface area contributed by atoms with Crippen molar-refractivity contribution in [1.82, 2.24) is 0 Å². The fraction of sp³-hybridized carbons (Fsp3) is 0.533. The van der Waals surface area contributed by atoms with Crippen molar-refractivity contribution >= 4 is 17.7 Å². The Morgan fingerprint density at radius 3 is 2.55 bits per heavy atom. The van der Waals surface area contributed by atoms with Crippen LogP contribution >= 0.6 is 11.6 Å². The Kier molecular flexibility index (Phi) is 2.45. The van der Waals surface area contributed by atoms with E-state index in [0.29, 0.717) is 29.7 Å². The molecule has 1 aromatic carbocycles. The van der Waals surface area contributed by atoms with E-state index in [1.807, 2.05) is 12.1 Å². The normalized spacial score (nSPS) is 23.6. The van der Waals surface area contributed by atoms with Crippen LogP contribution < -0.4 is 9.47 Å². The van der Waals surface area contributed by atoms with Gasteiger partial charge in [0, 0.05) is 5.41 Å². The van der Waals surface area contributed by atoms with Crippen molar-refractivity contribution < 1.29 is 14.3 Å². The Morgan fingerprint density at radius 2 is 1.90 bits per heavy atom. The fourth-order valence-electron chi connectivity index (χ4n) is 2.72. The molecular formula is C15H14ClNO3. The average molecular weight is 292 g/mol. The van der Waals surface area contributed by atoms with Gasteiger partial charge in [-0.25, -0.2) is 4.79 Å². The zero-order valence-electron chi connectivity index (χ0n) is 10.9. The fourth-order valence-corrected chi connectivity index (χ4v) is 2.98. The van der Waals surface area contributed by atoms with E-state index in [1.54, 1.807) is 6.08 Å². The first-order valence-electron chi connectivity index (χ1n) is 6.85. The first-order valence-corrected chi connectivity index (χ1v) is 7.23. The summed E-state index contributed by atoms with van der Waals surface area (Å²) in [6, 6.07) is 3.75. The molecule has 1 spiro atoms. The van der Waals surface area contributed by atoms with Crippen LogP contribution in [0.15, 0.2) is 17.1 Å². The summed E-state index contributed by atoms with van der Waals surface area (Å²) < 4.78 is 11.7. The van der Waals surface area contributed by atoms with E-state index >= 15 is 0 Å². The highest BCUT2D eigenvalue weighted by atomic mass is 35.5. The van der Waals surface area contributed by atoms with Crippen LogP contribution in [0.1, 0.15) is 31.2 Å². The summed E-state index contributed by atoms with van der Waals surface area (Å²) in [5.41, 5.74) is 0.661. The SMILES string of the molecule is O=C=NC1(c2cc(Cl)c3c(c2)OCC2(CC2)CO3)CC1. The zero-order chi connectivity index (χ0) is 13.8. The number of isocyanates is 1. The van der Waals surface area contributed by atoms with Gasteiger partial charge < -0.3 is 9.47 Å². The topological polar surface area (TPSA) is 47.9 Å². The number of nitrogens with zero attached hydrogens (tertiary/aromatic N) is 1. The minimum Gasteiger partial charge on any atom is -0.489 e. The van der Waals surface area contributed by atoms with E-state index in [0.717, 1.165) is 31.2 Å². The van der Waals surface area contributed by atoms with Gasteiger partial charge in [-0.05, 0) is 43.4 Å². The Labute approximate surface area is 121 Å². The molecule has 2 aliphatic carbocycles. The molecule has 1 aliphatic heterocycles. The molecule has 2 saturated carbocycles. The molecule has 0 saturated heterocycles. The van der Waals surface area contributed by atoms with Crippen molar-refractivity contribution in [3.05, 3.63) is 22.7 Å². The Morgan fingerprint density at radius 1 is 1.15 bits per heavy atom. The number of fused-ring (bicyclic) bond motifs is 1. The number of aliphatic imine (C=N–C) groups is 1. The van der Waals surface area contributed by atoms with Crippen molar-refractivity contribution in [2.75, 3.05) is 13.2 Å². The summed E-state index contributed by atoms with van der Waals surface area (Å²) in [5.74, 6) is 1.29. The number of hydrogen-bond acceptors (Lipinski definition) is 4. The van der Waals surface area contributed by atoms with E-state index in [2.05, 4.69) is 4.99 Å². The Balaban J connectivity index is 1.73. The minimum atomic E-state index is -0.437. The first-order chi connectivity index (χ1) is 9.66. The first kappa shape index (κ1) is 12.2. The van der Waals surface area contributed by atoms with Crippen LogP contribution in [0, 0.1) is 5.41 Å². The maximum absolute atomic E-state index is 10.6. The molecule has 0 N–H and O–H groups in total. The number of carbonyl (C=O) groups excluding carboxylic acids is 1. The largest absolute Gasteiger partial charge is 0.489 e. The lowest BCUT2D eigenvalue weighted by molar-refractivity contribution is 0.197. The van der Waals surface area contributed by atoms with E-state index in [4.69, 9.17) is 21.1 Å². The van der Waals surface area contributed by atoms with Gasteiger partial charge in [0.25, 0.3) is 0 Å². The van der Waals surface area contributed by atoms with Gasteiger partial charge in [-0.1, -0.05) is 11.6 Å². The second-order valence-electron chi connectivity index (χ2n) is 6.10. The van der Waals surface area contributed by atoms with Gasteiger partial charge in [-0.2, -0.15) is 4.99 Å². The molecule has 5 heteroatoms. The molecule has 0 amide bonds. The van der Waals surface area contributed by atoms with Gasteiger partial charge in [-0.3, -0.25) is 0 Å². The van der Waals surface area contributed by atoms with E-state index < -0.39 is 5.54 Å². The maximum Gasteiger partial charge on any atom is 0.235 e. The van der Waals surface area contributed by atoms with Crippen LogP contribution in [-0.2, 0) is 10.3 Å². The predicted molar refractivity (Wildman–Crippen MR) is 73.1 cm³/mol. The number of rotatable bonds is 2. The van der Waals surface area contributed by atoms with Crippen LogP contribution in [0.5, 0.6) is 11.5 Å². The maximum atomic E-state index is 10.6. The van der Waals surface area contributed by atoms with Crippen molar-refractivity contribution in [3.63, 3.8) is 0 Å². The van der Waals surface area contributed by atoms with Gasteiger partial charge in [0.15, 0.2) is 11.5 Å². The Bertz CT molecular complexity index is 628. The predicted octanol–water partition coefficient (Wildman–Crippen LogP) is 3.22. The summed E-state index contributed by atoms with van der Waals surface area (Å²) in [4.78, 5) is 14.5. The highest BCUT2D eigenvalue weighted by Gasteiger charge is 2.48. The summed E-state index contributed by atoms with van der Waals surface area (Å²) >= 11 is 6.32. The molecule has 1 heterocycles. The van der Waals surface area contributed by atoms with Crippen molar-refractivity contribution in [2.45, 2.75) is 31.2 Å². The third kappa shape index (κ3) is 1.83. The number of halogens is 1. The van der Waals surface area contributed by atoms with Gasteiger partial charge in [0.05, 0.1) is 23.8 Å².